The molecule has 2 aromatic rings. The molecule has 168 valence electrons. The summed E-state index contributed by atoms with van der Waals surface area (Å²) in [7, 11) is 0. The van der Waals surface area contributed by atoms with Gasteiger partial charge in [-0.25, -0.2) is 4.79 Å². The topological polar surface area (TPSA) is 92.8 Å². The van der Waals surface area contributed by atoms with Gasteiger partial charge in [0.05, 0.1) is 22.2 Å². The number of para-hydroxylation sites is 2. The Hall–Kier alpha value is -3.13. The molecule has 1 unspecified atom stereocenters. The molecule has 0 spiro atoms. The molecule has 0 radical (unpaired) electrons. The van der Waals surface area contributed by atoms with Crippen LogP contribution in [0.25, 0.3) is 0 Å². The minimum Gasteiger partial charge on any atom is -0.454 e. The second-order valence-electron chi connectivity index (χ2n) is 8.50. The fourth-order valence-electron chi connectivity index (χ4n) is 3.05. The maximum Gasteiger partial charge on any atom is 0.339 e. The molecule has 1 heterocycles. The Bertz CT molecular complexity index is 1060. The number of nitrogens with one attached hydrogen (secondary N) is 1. The van der Waals surface area contributed by atoms with Crippen LogP contribution in [0.5, 0.6) is 0 Å². The lowest BCUT2D eigenvalue weighted by atomic mass is 9.91. The van der Waals surface area contributed by atoms with Crippen molar-refractivity contribution in [2.75, 3.05) is 23.4 Å². The van der Waals surface area contributed by atoms with Crippen LogP contribution in [0.3, 0.4) is 0 Å². The van der Waals surface area contributed by atoms with Crippen LogP contribution < -0.4 is 10.2 Å². The van der Waals surface area contributed by atoms with Crippen LogP contribution in [0, 0.1) is 5.41 Å². The maximum absolute atomic E-state index is 13.2. The molecule has 8 heteroatoms. The Morgan fingerprint density at radius 3 is 2.47 bits per heavy atom. The van der Waals surface area contributed by atoms with Gasteiger partial charge in [0.2, 0.25) is 11.8 Å². The molecule has 0 fully saturated rings. The van der Waals surface area contributed by atoms with Crippen LogP contribution in [0.15, 0.2) is 53.4 Å². The highest BCUT2D eigenvalue weighted by Gasteiger charge is 2.31. The van der Waals surface area contributed by atoms with Gasteiger partial charge in [0.1, 0.15) is 6.54 Å². The van der Waals surface area contributed by atoms with E-state index in [9.17, 15) is 19.2 Å². The second kappa shape index (κ2) is 9.56. The third-order valence-corrected chi connectivity index (χ3v) is 6.13. The summed E-state index contributed by atoms with van der Waals surface area (Å²) in [6.07, 6.45) is 0. The third-order valence-electron chi connectivity index (χ3n) is 4.97. The standard InChI is InChI=1S/C24H26N2O5S/c1-15(22(29)26-13-21(28)25-17-10-6-7-11-18(17)26)32-19-12-8-5-9-16(19)23(30)31-14-20(27)24(2,3)4/h5-12,15H,13-14H2,1-4H3,(H,25,28). The Labute approximate surface area is 191 Å². The Kier molecular flexibility index (Phi) is 7.03. The van der Waals surface area contributed by atoms with Gasteiger partial charge >= 0.3 is 5.97 Å². The van der Waals surface area contributed by atoms with Crippen molar-refractivity contribution in [1.82, 2.24) is 0 Å². The number of amides is 2. The number of ketones is 1. The number of carbonyl (C=O) groups is 4. The van der Waals surface area contributed by atoms with Crippen LogP contribution in [-0.2, 0) is 19.1 Å². The predicted molar refractivity (Wildman–Crippen MR) is 124 cm³/mol. The Morgan fingerprint density at radius 2 is 1.75 bits per heavy atom. The number of Topliss-reactive ketones (excluding diaryl/α,β-unsaturated/α-hetero) is 1. The zero-order chi connectivity index (χ0) is 23.5. The minimum atomic E-state index is -0.618. The van der Waals surface area contributed by atoms with E-state index in [-0.39, 0.29) is 36.3 Å². The number of rotatable bonds is 6. The van der Waals surface area contributed by atoms with Crippen molar-refractivity contribution in [2.24, 2.45) is 5.41 Å². The molecule has 0 aliphatic carbocycles. The van der Waals surface area contributed by atoms with E-state index in [0.717, 1.165) is 0 Å². The van der Waals surface area contributed by atoms with Crippen LogP contribution in [0.1, 0.15) is 38.1 Å². The molecule has 32 heavy (non-hydrogen) atoms. The van der Waals surface area contributed by atoms with E-state index in [4.69, 9.17) is 4.74 Å². The molecular weight excluding hydrogens is 428 g/mol. The molecule has 0 saturated carbocycles. The molecule has 1 aliphatic heterocycles. The van der Waals surface area contributed by atoms with Crippen LogP contribution in [0.4, 0.5) is 11.4 Å². The average Bonchev–Trinajstić information content (AvgIpc) is 2.75. The first kappa shape index (κ1) is 23.5. The molecule has 3 rings (SSSR count). The second-order valence-corrected chi connectivity index (χ2v) is 9.88. The molecule has 1 atom stereocenters. The highest BCUT2D eigenvalue weighted by Crippen LogP contribution is 2.33. The summed E-state index contributed by atoms with van der Waals surface area (Å²) in [4.78, 5) is 52.0. The Balaban J connectivity index is 1.74. The molecule has 1 aliphatic rings. The van der Waals surface area contributed by atoms with Crippen molar-refractivity contribution in [1.29, 1.82) is 0 Å². The van der Waals surface area contributed by atoms with E-state index in [1.807, 2.05) is 0 Å². The first-order valence-corrected chi connectivity index (χ1v) is 11.1. The maximum atomic E-state index is 13.2. The quantitative estimate of drug-likeness (QED) is 0.525. The molecular formula is C24H26N2O5S. The highest BCUT2D eigenvalue weighted by atomic mass is 32.2. The van der Waals surface area contributed by atoms with Crippen molar-refractivity contribution >= 4 is 46.7 Å². The fraction of sp³-hybridized carbons (Fsp3) is 0.333. The van der Waals surface area contributed by atoms with Crippen molar-refractivity contribution in [2.45, 2.75) is 37.8 Å². The van der Waals surface area contributed by atoms with Crippen molar-refractivity contribution in [3.05, 3.63) is 54.1 Å². The number of thioether (sulfide) groups is 1. The lowest BCUT2D eigenvalue weighted by Gasteiger charge is -2.31. The zero-order valence-corrected chi connectivity index (χ0v) is 19.3. The first-order valence-electron chi connectivity index (χ1n) is 10.2. The molecule has 1 N–H and O–H groups in total. The normalized spacial score (nSPS) is 14.2. The van der Waals surface area contributed by atoms with Crippen LogP contribution in [0.2, 0.25) is 0 Å². The molecule has 2 amide bonds. The SMILES string of the molecule is CC(Sc1ccccc1C(=O)OCC(=O)C(C)(C)C)C(=O)N1CC(=O)Nc2ccccc21. The smallest absolute Gasteiger partial charge is 0.339 e. The first-order chi connectivity index (χ1) is 15.1. The lowest BCUT2D eigenvalue weighted by Crippen LogP contribution is -2.45. The van der Waals surface area contributed by atoms with E-state index in [1.165, 1.54) is 16.7 Å². The summed E-state index contributed by atoms with van der Waals surface area (Å²) < 4.78 is 5.23. The Morgan fingerprint density at radius 1 is 1.09 bits per heavy atom. The summed E-state index contributed by atoms with van der Waals surface area (Å²) in [5.41, 5.74) is 0.905. The monoisotopic (exact) mass is 454 g/mol. The van der Waals surface area contributed by atoms with Gasteiger partial charge in [0.15, 0.2) is 12.4 Å². The van der Waals surface area contributed by atoms with E-state index >= 15 is 0 Å². The van der Waals surface area contributed by atoms with Gasteiger partial charge < -0.3 is 10.1 Å². The van der Waals surface area contributed by atoms with Gasteiger partial charge in [-0.1, -0.05) is 45.0 Å². The number of fused-ring (bicyclic) bond motifs is 1. The fourth-order valence-corrected chi connectivity index (χ4v) is 4.10. The predicted octanol–water partition coefficient (Wildman–Crippen LogP) is 3.92. The van der Waals surface area contributed by atoms with Crippen molar-refractivity contribution < 1.29 is 23.9 Å². The number of nitrogens with zero attached hydrogens (tertiary/aromatic N) is 1. The number of ether oxygens (including phenoxy) is 1. The van der Waals surface area contributed by atoms with Crippen molar-refractivity contribution in [3.8, 4) is 0 Å². The molecule has 0 aromatic heterocycles. The van der Waals surface area contributed by atoms with E-state index in [2.05, 4.69) is 5.32 Å². The van der Waals surface area contributed by atoms with E-state index < -0.39 is 16.6 Å². The van der Waals surface area contributed by atoms with Crippen molar-refractivity contribution in [3.63, 3.8) is 0 Å². The number of hydrogen-bond donors (Lipinski definition) is 1. The summed E-state index contributed by atoms with van der Waals surface area (Å²) in [6.45, 7) is 6.64. The highest BCUT2D eigenvalue weighted by molar-refractivity contribution is 8.00. The zero-order valence-electron chi connectivity index (χ0n) is 18.5. The van der Waals surface area contributed by atoms with Crippen LogP contribution >= 0.6 is 11.8 Å². The van der Waals surface area contributed by atoms with E-state index in [1.54, 1.807) is 76.2 Å². The largest absolute Gasteiger partial charge is 0.454 e. The minimum absolute atomic E-state index is 0.0701. The summed E-state index contributed by atoms with van der Waals surface area (Å²) in [5, 5.41) is 2.19. The summed E-state index contributed by atoms with van der Waals surface area (Å²) >= 11 is 1.21. The van der Waals surface area contributed by atoms with E-state index in [0.29, 0.717) is 16.3 Å². The van der Waals surface area contributed by atoms with Crippen LogP contribution in [-0.4, -0.2) is 42.0 Å². The number of carbonyl (C=O) groups excluding carboxylic acids is 4. The van der Waals surface area contributed by atoms with Gasteiger partial charge in [0, 0.05) is 10.3 Å². The number of anilines is 2. The van der Waals surface area contributed by atoms with Gasteiger partial charge in [-0.15, -0.1) is 11.8 Å². The summed E-state index contributed by atoms with van der Waals surface area (Å²) in [6, 6.07) is 13.9. The molecule has 0 saturated heterocycles. The lowest BCUT2D eigenvalue weighted by molar-refractivity contribution is -0.129. The average molecular weight is 455 g/mol. The number of esters is 1. The third kappa shape index (κ3) is 5.37. The summed E-state index contributed by atoms with van der Waals surface area (Å²) in [5.74, 6) is -1.31. The molecule has 0 bridgehead atoms. The van der Waals surface area contributed by atoms with Gasteiger partial charge in [-0.3, -0.25) is 19.3 Å². The van der Waals surface area contributed by atoms with Gasteiger partial charge in [-0.2, -0.15) is 0 Å². The number of benzene rings is 2. The molecule has 2 aromatic carbocycles. The molecule has 7 nitrogen and oxygen atoms in total. The van der Waals surface area contributed by atoms with Gasteiger partial charge in [0.25, 0.3) is 0 Å². The number of hydrogen-bond acceptors (Lipinski definition) is 6. The van der Waals surface area contributed by atoms with Gasteiger partial charge in [-0.05, 0) is 31.2 Å².